The van der Waals surface area contributed by atoms with Gasteiger partial charge in [-0.1, -0.05) is 17.3 Å². The van der Waals surface area contributed by atoms with E-state index in [-0.39, 0.29) is 0 Å². The standard InChI is InChI=1S/C13H16N2O/c1-9-12-6-2-4-10(13(12)16-15-9)8-11-5-3-7-14-11/h2,4,6,11,14H,3,5,7-8H2,1H3. The molecule has 1 aliphatic heterocycles. The summed E-state index contributed by atoms with van der Waals surface area (Å²) in [5.74, 6) is 0. The number of aryl methyl sites for hydroxylation is 1. The van der Waals surface area contributed by atoms with Crippen LogP contribution in [0.2, 0.25) is 0 Å². The van der Waals surface area contributed by atoms with Crippen molar-refractivity contribution in [3.63, 3.8) is 0 Å². The predicted octanol–water partition coefficient (Wildman–Crippen LogP) is 2.43. The number of rotatable bonds is 2. The van der Waals surface area contributed by atoms with E-state index < -0.39 is 0 Å². The molecule has 0 amide bonds. The van der Waals surface area contributed by atoms with Crippen LogP contribution in [0.4, 0.5) is 0 Å². The van der Waals surface area contributed by atoms with E-state index in [9.17, 15) is 0 Å². The normalized spacial score (nSPS) is 20.7. The first-order chi connectivity index (χ1) is 7.84. The number of hydrogen-bond acceptors (Lipinski definition) is 3. The topological polar surface area (TPSA) is 38.1 Å². The van der Waals surface area contributed by atoms with Crippen molar-refractivity contribution in [3.05, 3.63) is 29.5 Å². The summed E-state index contributed by atoms with van der Waals surface area (Å²) < 4.78 is 5.41. The first kappa shape index (κ1) is 9.85. The summed E-state index contributed by atoms with van der Waals surface area (Å²) in [7, 11) is 0. The van der Waals surface area contributed by atoms with Gasteiger partial charge < -0.3 is 9.84 Å². The van der Waals surface area contributed by atoms with Crippen molar-refractivity contribution in [2.24, 2.45) is 0 Å². The Hall–Kier alpha value is -1.35. The Kier molecular flexibility index (Phi) is 2.40. The molecule has 1 unspecified atom stereocenters. The number of para-hydroxylation sites is 1. The fourth-order valence-corrected chi connectivity index (χ4v) is 2.50. The van der Waals surface area contributed by atoms with Gasteiger partial charge in [-0.05, 0) is 44.4 Å². The lowest BCUT2D eigenvalue weighted by molar-refractivity contribution is 0.446. The molecule has 2 aromatic rings. The number of hydrogen-bond donors (Lipinski definition) is 1. The van der Waals surface area contributed by atoms with Gasteiger partial charge in [-0.25, -0.2) is 0 Å². The van der Waals surface area contributed by atoms with E-state index in [1.807, 2.05) is 6.92 Å². The van der Waals surface area contributed by atoms with Crippen LogP contribution in [0.15, 0.2) is 22.7 Å². The summed E-state index contributed by atoms with van der Waals surface area (Å²) in [6, 6.07) is 6.92. The van der Waals surface area contributed by atoms with Crippen molar-refractivity contribution in [2.75, 3.05) is 6.54 Å². The van der Waals surface area contributed by atoms with E-state index in [0.717, 1.165) is 29.6 Å². The zero-order valence-electron chi connectivity index (χ0n) is 9.49. The highest BCUT2D eigenvalue weighted by Gasteiger charge is 2.17. The van der Waals surface area contributed by atoms with Crippen LogP contribution in [0.25, 0.3) is 11.0 Å². The molecule has 16 heavy (non-hydrogen) atoms. The molecular formula is C13H16N2O. The quantitative estimate of drug-likeness (QED) is 0.837. The van der Waals surface area contributed by atoms with Crippen molar-refractivity contribution in [2.45, 2.75) is 32.2 Å². The number of benzene rings is 1. The second-order valence-corrected chi connectivity index (χ2v) is 4.56. The van der Waals surface area contributed by atoms with E-state index in [1.165, 1.54) is 18.4 Å². The summed E-state index contributed by atoms with van der Waals surface area (Å²) in [5, 5.41) is 8.70. The predicted molar refractivity (Wildman–Crippen MR) is 63.5 cm³/mol. The molecule has 0 aliphatic carbocycles. The molecular weight excluding hydrogens is 200 g/mol. The molecule has 0 saturated carbocycles. The Morgan fingerprint density at radius 3 is 3.25 bits per heavy atom. The maximum Gasteiger partial charge on any atom is 0.170 e. The molecule has 3 rings (SSSR count). The summed E-state index contributed by atoms with van der Waals surface area (Å²) >= 11 is 0. The summed E-state index contributed by atoms with van der Waals surface area (Å²) in [5.41, 5.74) is 3.22. The highest BCUT2D eigenvalue weighted by Crippen LogP contribution is 2.24. The molecule has 1 aromatic carbocycles. The van der Waals surface area contributed by atoms with E-state index in [0.29, 0.717) is 6.04 Å². The monoisotopic (exact) mass is 216 g/mol. The van der Waals surface area contributed by atoms with E-state index in [1.54, 1.807) is 0 Å². The minimum Gasteiger partial charge on any atom is -0.356 e. The van der Waals surface area contributed by atoms with Crippen molar-refractivity contribution in [3.8, 4) is 0 Å². The lowest BCUT2D eigenvalue weighted by Gasteiger charge is -2.09. The van der Waals surface area contributed by atoms with E-state index in [2.05, 4.69) is 28.7 Å². The molecule has 3 heteroatoms. The zero-order valence-corrected chi connectivity index (χ0v) is 9.49. The van der Waals surface area contributed by atoms with Gasteiger partial charge in [-0.15, -0.1) is 0 Å². The molecule has 1 N–H and O–H groups in total. The van der Waals surface area contributed by atoms with Crippen molar-refractivity contribution >= 4 is 11.0 Å². The van der Waals surface area contributed by atoms with E-state index >= 15 is 0 Å². The third-order valence-electron chi connectivity index (χ3n) is 3.39. The van der Waals surface area contributed by atoms with Gasteiger partial charge in [0.1, 0.15) is 0 Å². The number of fused-ring (bicyclic) bond motifs is 1. The highest BCUT2D eigenvalue weighted by molar-refractivity contribution is 5.82. The summed E-state index contributed by atoms with van der Waals surface area (Å²) in [6.07, 6.45) is 3.60. The molecule has 2 heterocycles. The maximum atomic E-state index is 5.41. The minimum absolute atomic E-state index is 0.607. The van der Waals surface area contributed by atoms with E-state index in [4.69, 9.17) is 4.52 Å². The average molecular weight is 216 g/mol. The molecule has 0 spiro atoms. The molecule has 1 fully saturated rings. The van der Waals surface area contributed by atoms with Gasteiger partial charge in [0.25, 0.3) is 0 Å². The largest absolute Gasteiger partial charge is 0.356 e. The van der Waals surface area contributed by atoms with Crippen LogP contribution in [0, 0.1) is 6.92 Å². The van der Waals surface area contributed by atoms with Crippen molar-refractivity contribution in [1.82, 2.24) is 10.5 Å². The first-order valence-corrected chi connectivity index (χ1v) is 5.92. The summed E-state index contributed by atoms with van der Waals surface area (Å²) in [4.78, 5) is 0. The molecule has 1 saturated heterocycles. The Balaban J connectivity index is 1.96. The van der Waals surface area contributed by atoms with Crippen LogP contribution in [0.3, 0.4) is 0 Å². The van der Waals surface area contributed by atoms with Crippen LogP contribution < -0.4 is 5.32 Å². The number of nitrogens with zero attached hydrogens (tertiary/aromatic N) is 1. The van der Waals surface area contributed by atoms with Gasteiger partial charge in [0.15, 0.2) is 5.58 Å². The second-order valence-electron chi connectivity index (χ2n) is 4.56. The van der Waals surface area contributed by atoms with Crippen LogP contribution in [0.1, 0.15) is 24.1 Å². The molecule has 1 aliphatic rings. The molecule has 1 aromatic heterocycles. The third kappa shape index (κ3) is 1.61. The van der Waals surface area contributed by atoms with Gasteiger partial charge in [-0.2, -0.15) is 0 Å². The molecule has 1 atom stereocenters. The van der Waals surface area contributed by atoms with Crippen molar-refractivity contribution < 1.29 is 4.52 Å². The van der Waals surface area contributed by atoms with Gasteiger partial charge in [0.2, 0.25) is 0 Å². The highest BCUT2D eigenvalue weighted by atomic mass is 16.5. The smallest absolute Gasteiger partial charge is 0.170 e. The fourth-order valence-electron chi connectivity index (χ4n) is 2.50. The van der Waals surface area contributed by atoms with Crippen molar-refractivity contribution in [1.29, 1.82) is 0 Å². The average Bonchev–Trinajstić information content (AvgIpc) is 2.90. The van der Waals surface area contributed by atoms with Gasteiger partial charge in [0.05, 0.1) is 5.69 Å². The number of aromatic nitrogens is 1. The molecule has 0 radical (unpaired) electrons. The summed E-state index contributed by atoms with van der Waals surface area (Å²) in [6.45, 7) is 3.14. The lowest BCUT2D eigenvalue weighted by atomic mass is 10.0. The molecule has 0 bridgehead atoms. The minimum atomic E-state index is 0.607. The van der Waals surface area contributed by atoms with Gasteiger partial charge in [-0.3, -0.25) is 0 Å². The third-order valence-corrected chi connectivity index (χ3v) is 3.39. The SMILES string of the molecule is Cc1noc2c(CC3CCCN3)cccc12. The fraction of sp³-hybridized carbons (Fsp3) is 0.462. The Bertz CT molecular complexity index is 498. The van der Waals surface area contributed by atoms with Crippen LogP contribution in [-0.2, 0) is 6.42 Å². The van der Waals surface area contributed by atoms with Crippen LogP contribution >= 0.6 is 0 Å². The Morgan fingerprint density at radius 1 is 1.50 bits per heavy atom. The lowest BCUT2D eigenvalue weighted by Crippen LogP contribution is -2.23. The molecule has 3 nitrogen and oxygen atoms in total. The van der Waals surface area contributed by atoms with Crippen LogP contribution in [0.5, 0.6) is 0 Å². The maximum absolute atomic E-state index is 5.41. The Labute approximate surface area is 94.8 Å². The number of nitrogens with one attached hydrogen (secondary N) is 1. The van der Waals surface area contributed by atoms with Crippen LogP contribution in [-0.4, -0.2) is 17.7 Å². The second kappa shape index (κ2) is 3.91. The molecule has 84 valence electrons. The van der Waals surface area contributed by atoms with Gasteiger partial charge in [0, 0.05) is 11.4 Å². The first-order valence-electron chi connectivity index (χ1n) is 5.92. The Morgan fingerprint density at radius 2 is 2.44 bits per heavy atom. The zero-order chi connectivity index (χ0) is 11.0. The van der Waals surface area contributed by atoms with Gasteiger partial charge >= 0.3 is 0 Å².